The second-order valence-electron chi connectivity index (χ2n) is 17.3. The standard InChI is InChI=1S/C29H30NSSi.C17H32O2.Ir/c1-17(2)25-16-21(15-20-14-18(3)8-9-22(20)25)27-29-24(12-13-30-27)23-10-11-26(32(5,6)7)19(4)28(23)31-29;1-10(2)16(11(3)4)14(18)9-15(19)17(12(5)6)13(7)8;/h8-14,16-17H,1-7H3;9-13,16-18H,1-8H3;/q-1;;/b;14-9-;. The number of benzene rings is 3. The first-order chi connectivity index (χ1) is 23.7. The largest absolute Gasteiger partial charge is 0.512 e. The van der Waals surface area contributed by atoms with Crippen LogP contribution in [0.2, 0.25) is 19.6 Å². The van der Waals surface area contributed by atoms with E-state index in [9.17, 15) is 9.90 Å². The third-order valence-electron chi connectivity index (χ3n) is 10.4. The number of hydrogen-bond acceptors (Lipinski definition) is 4. The van der Waals surface area contributed by atoms with E-state index in [0.29, 0.717) is 29.6 Å². The molecule has 6 heteroatoms. The molecule has 3 nitrogen and oxygen atoms in total. The number of pyridine rings is 1. The van der Waals surface area contributed by atoms with Crippen LogP contribution in [0.15, 0.2) is 60.5 Å². The number of carbonyl (C=O) groups is 1. The maximum absolute atomic E-state index is 12.3. The number of rotatable bonds is 10. The van der Waals surface area contributed by atoms with Crippen molar-refractivity contribution in [1.29, 1.82) is 0 Å². The van der Waals surface area contributed by atoms with Gasteiger partial charge in [-0.15, -0.1) is 40.5 Å². The van der Waals surface area contributed by atoms with Crippen LogP contribution in [0.25, 0.3) is 42.2 Å². The number of nitrogens with zero attached hydrogens (tertiary/aromatic N) is 1. The number of hydrogen-bond donors (Lipinski definition) is 1. The molecule has 0 bridgehead atoms. The summed E-state index contributed by atoms with van der Waals surface area (Å²) in [5, 5.41) is 17.0. The van der Waals surface area contributed by atoms with Crippen molar-refractivity contribution in [2.75, 3.05) is 0 Å². The molecule has 5 aromatic rings. The van der Waals surface area contributed by atoms with E-state index >= 15 is 0 Å². The van der Waals surface area contributed by atoms with Gasteiger partial charge in [-0.25, -0.2) is 0 Å². The van der Waals surface area contributed by atoms with E-state index < -0.39 is 8.07 Å². The predicted molar refractivity (Wildman–Crippen MR) is 227 cm³/mol. The van der Waals surface area contributed by atoms with Crippen LogP contribution < -0.4 is 5.19 Å². The van der Waals surface area contributed by atoms with E-state index in [-0.39, 0.29) is 43.5 Å². The van der Waals surface area contributed by atoms with E-state index in [2.05, 4.69) is 151 Å². The van der Waals surface area contributed by atoms with E-state index in [0.717, 1.165) is 11.3 Å². The molecule has 283 valence electrons. The van der Waals surface area contributed by atoms with Gasteiger partial charge in [-0.05, 0) is 60.5 Å². The number of ketones is 1. The molecule has 0 aliphatic heterocycles. The van der Waals surface area contributed by atoms with Gasteiger partial charge in [0.2, 0.25) is 0 Å². The summed E-state index contributed by atoms with van der Waals surface area (Å²) >= 11 is 1.90. The van der Waals surface area contributed by atoms with Gasteiger partial charge in [0.05, 0.1) is 13.8 Å². The van der Waals surface area contributed by atoms with Gasteiger partial charge in [0, 0.05) is 64.7 Å². The quantitative estimate of drug-likeness (QED) is 0.0657. The average molecular weight is 913 g/mol. The fraction of sp³-hybridized carbons (Fsp3) is 0.478. The Bertz CT molecular complexity index is 2030. The molecule has 0 fully saturated rings. The van der Waals surface area contributed by atoms with Gasteiger partial charge < -0.3 is 5.11 Å². The molecule has 3 aromatic carbocycles. The normalized spacial score (nSPS) is 12.7. The fourth-order valence-corrected chi connectivity index (χ4v) is 11.4. The predicted octanol–water partition coefficient (Wildman–Crippen LogP) is 13.2. The zero-order chi connectivity index (χ0) is 38.1. The first-order valence-electron chi connectivity index (χ1n) is 19.0. The van der Waals surface area contributed by atoms with E-state index in [4.69, 9.17) is 4.98 Å². The maximum atomic E-state index is 12.3. The second kappa shape index (κ2) is 17.7. The van der Waals surface area contributed by atoms with Gasteiger partial charge in [-0.2, -0.15) is 0 Å². The number of aryl methyl sites for hydroxylation is 2. The number of allylic oxidation sites excluding steroid dienone is 2. The van der Waals surface area contributed by atoms with Crippen molar-refractivity contribution in [2.45, 2.75) is 109 Å². The summed E-state index contributed by atoms with van der Waals surface area (Å²) in [5.74, 6) is 2.07. The van der Waals surface area contributed by atoms with Crippen molar-refractivity contribution in [1.82, 2.24) is 4.98 Å². The van der Waals surface area contributed by atoms with Crippen LogP contribution in [0.5, 0.6) is 0 Å². The smallest absolute Gasteiger partial charge is 0.162 e. The first kappa shape index (κ1) is 43.8. The SMILES string of the molecule is CC(C)C(C(=O)/C=C(\O)C(C(C)C)C(C)C)C(C)C.Cc1ccc2c(C(C)C)cc(-c3nccc4c3sc3c(C)c([Si](C)(C)C)ccc34)[c-]c2c1.[Ir]. The molecular formula is C46H62IrNO2SSi-. The van der Waals surface area contributed by atoms with E-state index in [1.54, 1.807) is 5.19 Å². The minimum Gasteiger partial charge on any atom is -0.512 e. The molecule has 0 spiro atoms. The van der Waals surface area contributed by atoms with Crippen molar-refractivity contribution in [2.24, 2.45) is 35.5 Å². The van der Waals surface area contributed by atoms with Crippen LogP contribution in [0.1, 0.15) is 91.8 Å². The summed E-state index contributed by atoms with van der Waals surface area (Å²) in [6, 6.07) is 19.6. The van der Waals surface area contributed by atoms with Gasteiger partial charge >= 0.3 is 0 Å². The topological polar surface area (TPSA) is 50.2 Å². The third kappa shape index (κ3) is 9.53. The summed E-state index contributed by atoms with van der Waals surface area (Å²) in [4.78, 5) is 17.2. The Balaban J connectivity index is 0.000000317. The second-order valence-corrected chi connectivity index (χ2v) is 23.4. The molecule has 0 aliphatic carbocycles. The van der Waals surface area contributed by atoms with E-state index in [1.165, 1.54) is 53.7 Å². The molecular weight excluding hydrogens is 851 g/mol. The van der Waals surface area contributed by atoms with E-state index in [1.807, 2.05) is 17.5 Å². The van der Waals surface area contributed by atoms with Gasteiger partial charge in [-0.1, -0.05) is 135 Å². The molecule has 0 amide bonds. The fourth-order valence-electron chi connectivity index (χ4n) is 8.16. The zero-order valence-corrected chi connectivity index (χ0v) is 38.5. The number of aromatic nitrogens is 1. The van der Waals surface area contributed by atoms with Crippen LogP contribution in [0.4, 0.5) is 0 Å². The van der Waals surface area contributed by atoms with Gasteiger partial charge in [0.15, 0.2) is 5.78 Å². The molecule has 0 unspecified atom stereocenters. The molecule has 0 aliphatic rings. The van der Waals surface area contributed by atoms with Crippen molar-refractivity contribution in [3.05, 3.63) is 83.3 Å². The van der Waals surface area contributed by atoms with Crippen molar-refractivity contribution >= 4 is 61.3 Å². The van der Waals surface area contributed by atoms with Crippen LogP contribution >= 0.6 is 11.3 Å². The average Bonchev–Trinajstić information content (AvgIpc) is 3.39. The van der Waals surface area contributed by atoms with Crippen molar-refractivity contribution < 1.29 is 30.0 Å². The monoisotopic (exact) mass is 913 g/mol. The van der Waals surface area contributed by atoms with Crippen molar-refractivity contribution in [3.8, 4) is 11.3 Å². The maximum Gasteiger partial charge on any atom is 0.162 e. The number of thiophene rings is 1. The third-order valence-corrected chi connectivity index (χ3v) is 13.9. The molecule has 0 saturated heterocycles. The molecule has 5 rings (SSSR count). The van der Waals surface area contributed by atoms with Gasteiger partial charge in [0.1, 0.15) is 0 Å². The van der Waals surface area contributed by atoms with Crippen LogP contribution in [0, 0.1) is 55.4 Å². The van der Waals surface area contributed by atoms with Crippen molar-refractivity contribution in [3.63, 3.8) is 0 Å². The Morgan fingerprint density at radius 1 is 0.769 bits per heavy atom. The molecule has 1 N–H and O–H groups in total. The first-order valence-corrected chi connectivity index (χ1v) is 23.3. The zero-order valence-electron chi connectivity index (χ0n) is 34.3. The summed E-state index contributed by atoms with van der Waals surface area (Å²) < 4.78 is 2.69. The van der Waals surface area contributed by atoms with Gasteiger partial charge in [0.25, 0.3) is 0 Å². The minimum absolute atomic E-state index is 0. The number of aliphatic hydroxyl groups is 1. The molecule has 0 saturated carbocycles. The molecule has 1 radical (unpaired) electrons. The number of aliphatic hydroxyl groups excluding tert-OH is 1. The van der Waals surface area contributed by atoms with Crippen LogP contribution in [0.3, 0.4) is 0 Å². The number of carbonyl (C=O) groups excluding carboxylic acids is 1. The van der Waals surface area contributed by atoms with Crippen LogP contribution in [-0.4, -0.2) is 23.9 Å². The molecule has 52 heavy (non-hydrogen) atoms. The minimum atomic E-state index is -1.39. The Kier molecular flexibility index (Phi) is 14.9. The van der Waals surface area contributed by atoms with Gasteiger partial charge in [-0.3, -0.25) is 9.78 Å². The summed E-state index contributed by atoms with van der Waals surface area (Å²) in [5.41, 5.74) is 6.25. The summed E-state index contributed by atoms with van der Waals surface area (Å²) in [6.45, 7) is 32.9. The Morgan fingerprint density at radius 2 is 1.33 bits per heavy atom. The molecule has 2 heterocycles. The Hall–Kier alpha value is -2.63. The number of fused-ring (bicyclic) bond motifs is 4. The Labute approximate surface area is 333 Å². The molecule has 2 aromatic heterocycles. The summed E-state index contributed by atoms with van der Waals surface area (Å²) in [7, 11) is -1.39. The van der Waals surface area contributed by atoms with Crippen LogP contribution in [-0.2, 0) is 24.9 Å². The molecule has 0 atom stereocenters. The Morgan fingerprint density at radius 3 is 1.87 bits per heavy atom. The summed E-state index contributed by atoms with van der Waals surface area (Å²) in [6.07, 6.45) is 3.45.